The molecule has 3 heteroatoms. The Kier molecular flexibility index (Phi) is 3.00. The van der Waals surface area contributed by atoms with Crippen LogP contribution in [-0.2, 0) is 6.42 Å². The summed E-state index contributed by atoms with van der Waals surface area (Å²) >= 11 is 0. The van der Waals surface area contributed by atoms with Crippen LogP contribution in [-0.4, -0.2) is 10.2 Å². The van der Waals surface area contributed by atoms with Crippen molar-refractivity contribution in [3.05, 3.63) is 58.9 Å². The van der Waals surface area contributed by atoms with Crippen LogP contribution < -0.4 is 0 Å². The van der Waals surface area contributed by atoms with E-state index in [1.165, 1.54) is 24.3 Å². The fraction of sp³-hybridized carbons (Fsp3) is 0.143. The van der Waals surface area contributed by atoms with E-state index in [0.29, 0.717) is 6.42 Å². The summed E-state index contributed by atoms with van der Waals surface area (Å²) in [6.07, 6.45) is 0.520. The number of halogens is 1. The van der Waals surface area contributed by atoms with Gasteiger partial charge in [-0.1, -0.05) is 12.1 Å². The highest BCUT2D eigenvalue weighted by atomic mass is 19.1. The highest BCUT2D eigenvalue weighted by Crippen LogP contribution is 2.26. The Morgan fingerprint density at radius 2 is 1.71 bits per heavy atom. The number of aromatic hydroxyl groups is 2. The van der Waals surface area contributed by atoms with Gasteiger partial charge >= 0.3 is 0 Å². The molecule has 0 aliphatic rings. The average Bonchev–Trinajstić information content (AvgIpc) is 2.22. The van der Waals surface area contributed by atoms with Crippen molar-refractivity contribution >= 4 is 0 Å². The van der Waals surface area contributed by atoms with Gasteiger partial charge in [-0.3, -0.25) is 0 Å². The number of aryl methyl sites for hydroxylation is 1. The lowest BCUT2D eigenvalue weighted by molar-refractivity contribution is 0.403. The van der Waals surface area contributed by atoms with Gasteiger partial charge < -0.3 is 10.2 Å². The summed E-state index contributed by atoms with van der Waals surface area (Å²) in [5.41, 5.74) is 2.53. The Balaban J connectivity index is 2.28. The van der Waals surface area contributed by atoms with E-state index in [4.69, 9.17) is 0 Å². The van der Waals surface area contributed by atoms with E-state index in [2.05, 4.69) is 0 Å². The van der Waals surface area contributed by atoms with Crippen LogP contribution in [0.2, 0.25) is 0 Å². The van der Waals surface area contributed by atoms with Gasteiger partial charge in [0.15, 0.2) is 11.5 Å². The molecule has 2 N–H and O–H groups in total. The summed E-state index contributed by atoms with van der Waals surface area (Å²) < 4.78 is 13.2. The van der Waals surface area contributed by atoms with Crippen molar-refractivity contribution in [3.8, 4) is 11.5 Å². The molecule has 0 aliphatic carbocycles. The van der Waals surface area contributed by atoms with Crippen molar-refractivity contribution in [3.63, 3.8) is 0 Å². The molecule has 2 nitrogen and oxygen atoms in total. The molecule has 0 fully saturated rings. The van der Waals surface area contributed by atoms with Crippen molar-refractivity contribution in [2.75, 3.05) is 0 Å². The van der Waals surface area contributed by atoms with Crippen LogP contribution in [0.15, 0.2) is 36.4 Å². The first kappa shape index (κ1) is 11.5. The van der Waals surface area contributed by atoms with E-state index in [-0.39, 0.29) is 17.3 Å². The second-order valence-corrected chi connectivity index (χ2v) is 4.14. The summed E-state index contributed by atoms with van der Waals surface area (Å²) in [6.45, 7) is 1.83. The van der Waals surface area contributed by atoms with Gasteiger partial charge in [-0.25, -0.2) is 4.39 Å². The van der Waals surface area contributed by atoms with Crippen LogP contribution in [0, 0.1) is 12.7 Å². The molecule has 0 atom stereocenters. The van der Waals surface area contributed by atoms with E-state index in [0.717, 1.165) is 16.7 Å². The van der Waals surface area contributed by atoms with E-state index < -0.39 is 0 Å². The normalized spacial score (nSPS) is 10.5. The molecule has 17 heavy (non-hydrogen) atoms. The first-order valence-electron chi connectivity index (χ1n) is 5.31. The Morgan fingerprint density at radius 3 is 2.35 bits per heavy atom. The third kappa shape index (κ3) is 2.75. The smallest absolute Gasteiger partial charge is 0.157 e. The molecule has 0 heterocycles. The van der Waals surface area contributed by atoms with Crippen molar-refractivity contribution in [1.29, 1.82) is 0 Å². The van der Waals surface area contributed by atoms with E-state index in [1.807, 2.05) is 13.0 Å². The summed E-state index contributed by atoms with van der Waals surface area (Å²) in [7, 11) is 0. The van der Waals surface area contributed by atoms with Gasteiger partial charge in [-0.05, 0) is 54.3 Å². The zero-order chi connectivity index (χ0) is 12.4. The summed E-state index contributed by atoms with van der Waals surface area (Å²) in [4.78, 5) is 0. The van der Waals surface area contributed by atoms with E-state index >= 15 is 0 Å². The van der Waals surface area contributed by atoms with Crippen molar-refractivity contribution in [2.24, 2.45) is 0 Å². The fourth-order valence-corrected chi connectivity index (χ4v) is 1.83. The number of hydrogen-bond donors (Lipinski definition) is 2. The number of phenolic OH excluding ortho intramolecular Hbond substituents is 2. The van der Waals surface area contributed by atoms with Crippen LogP contribution in [0.4, 0.5) is 4.39 Å². The first-order valence-corrected chi connectivity index (χ1v) is 5.31. The second kappa shape index (κ2) is 4.45. The topological polar surface area (TPSA) is 40.5 Å². The van der Waals surface area contributed by atoms with Crippen LogP contribution in [0.25, 0.3) is 0 Å². The predicted octanol–water partition coefficient (Wildman–Crippen LogP) is 3.14. The number of benzene rings is 2. The molecule has 2 rings (SSSR count). The lowest BCUT2D eigenvalue weighted by atomic mass is 10.0. The summed E-state index contributed by atoms with van der Waals surface area (Å²) in [5, 5.41) is 18.6. The maximum Gasteiger partial charge on any atom is 0.157 e. The number of rotatable bonds is 2. The monoisotopic (exact) mass is 232 g/mol. The lowest BCUT2D eigenvalue weighted by Gasteiger charge is -2.05. The van der Waals surface area contributed by atoms with Gasteiger partial charge in [0.05, 0.1) is 0 Å². The average molecular weight is 232 g/mol. The van der Waals surface area contributed by atoms with Crippen molar-refractivity contribution < 1.29 is 14.6 Å². The molecule has 0 aliphatic heterocycles. The van der Waals surface area contributed by atoms with Gasteiger partial charge in [-0.15, -0.1) is 0 Å². The second-order valence-electron chi connectivity index (χ2n) is 4.14. The fourth-order valence-electron chi connectivity index (χ4n) is 1.83. The molecule has 0 saturated carbocycles. The minimum atomic E-state index is -0.261. The minimum Gasteiger partial charge on any atom is -0.504 e. The third-order valence-corrected chi connectivity index (χ3v) is 2.55. The van der Waals surface area contributed by atoms with Crippen LogP contribution in [0.1, 0.15) is 16.7 Å². The van der Waals surface area contributed by atoms with Gasteiger partial charge in [0, 0.05) is 0 Å². The van der Waals surface area contributed by atoms with Gasteiger partial charge in [0.25, 0.3) is 0 Å². The highest BCUT2D eigenvalue weighted by molar-refractivity contribution is 5.42. The molecule has 88 valence electrons. The van der Waals surface area contributed by atoms with Crippen molar-refractivity contribution in [1.82, 2.24) is 0 Å². The maximum atomic E-state index is 13.2. The van der Waals surface area contributed by atoms with Crippen molar-refractivity contribution in [2.45, 2.75) is 13.3 Å². The first-order chi connectivity index (χ1) is 8.04. The van der Waals surface area contributed by atoms with E-state index in [9.17, 15) is 14.6 Å². The van der Waals surface area contributed by atoms with Gasteiger partial charge in [0.1, 0.15) is 5.82 Å². The highest BCUT2D eigenvalue weighted by Gasteiger charge is 2.03. The van der Waals surface area contributed by atoms with Crippen LogP contribution >= 0.6 is 0 Å². The Labute approximate surface area is 99.0 Å². The molecule has 0 unspecified atom stereocenters. The molecular formula is C14H13FO2. The molecule has 2 aromatic rings. The molecule has 0 saturated heterocycles. The number of hydrogen-bond acceptors (Lipinski definition) is 2. The molecule has 0 bridgehead atoms. The molecule has 0 radical (unpaired) electrons. The Hall–Kier alpha value is -2.03. The zero-order valence-corrected chi connectivity index (χ0v) is 9.44. The number of phenols is 2. The lowest BCUT2D eigenvalue weighted by Crippen LogP contribution is -1.90. The molecule has 0 aromatic heterocycles. The standard InChI is InChI=1S/C14H13FO2/c1-9-4-11(7-12(15)5-9)6-10-2-3-13(16)14(17)8-10/h2-5,7-8,16-17H,6H2,1H3. The largest absolute Gasteiger partial charge is 0.504 e. The maximum absolute atomic E-state index is 13.2. The van der Waals surface area contributed by atoms with Crippen LogP contribution in [0.5, 0.6) is 11.5 Å². The molecule has 0 amide bonds. The quantitative estimate of drug-likeness (QED) is 0.781. The summed E-state index contributed by atoms with van der Waals surface area (Å²) in [6, 6.07) is 9.45. The Bertz CT molecular complexity index is 530. The zero-order valence-electron chi connectivity index (χ0n) is 9.44. The minimum absolute atomic E-state index is 0.149. The molecule has 0 spiro atoms. The Morgan fingerprint density at radius 1 is 0.941 bits per heavy atom. The third-order valence-electron chi connectivity index (χ3n) is 2.55. The van der Waals surface area contributed by atoms with Gasteiger partial charge in [0.2, 0.25) is 0 Å². The summed E-state index contributed by atoms with van der Waals surface area (Å²) in [5.74, 6) is -0.567. The van der Waals surface area contributed by atoms with Gasteiger partial charge in [-0.2, -0.15) is 0 Å². The SMILES string of the molecule is Cc1cc(F)cc(Cc2ccc(O)c(O)c2)c1. The van der Waals surface area contributed by atoms with E-state index in [1.54, 1.807) is 6.07 Å². The molecular weight excluding hydrogens is 219 g/mol. The van der Waals surface area contributed by atoms with Crippen LogP contribution in [0.3, 0.4) is 0 Å². The molecule has 2 aromatic carbocycles. The predicted molar refractivity (Wildman–Crippen MR) is 63.7 cm³/mol.